The third-order valence-electron chi connectivity index (χ3n) is 1.18. The first-order valence-corrected chi connectivity index (χ1v) is 5.46. The summed E-state index contributed by atoms with van der Waals surface area (Å²) in [5.41, 5.74) is 0. The van der Waals surface area contributed by atoms with Gasteiger partial charge in [0.2, 0.25) is 0 Å². The van der Waals surface area contributed by atoms with Crippen LogP contribution in [-0.4, -0.2) is 21.5 Å². The van der Waals surface area contributed by atoms with Crippen LogP contribution >= 0.6 is 0 Å². The summed E-state index contributed by atoms with van der Waals surface area (Å²) >= 11 is 0. The third kappa shape index (κ3) is 6.33. The molecule has 2 N–H and O–H groups in total. The summed E-state index contributed by atoms with van der Waals surface area (Å²) in [6.45, 7) is 6.28. The highest BCUT2D eigenvalue weighted by molar-refractivity contribution is 7.87. The van der Waals surface area contributed by atoms with E-state index in [1.807, 2.05) is 6.92 Å². The van der Waals surface area contributed by atoms with Crippen molar-refractivity contribution in [3.63, 3.8) is 0 Å². The molecule has 0 radical (unpaired) electrons. The Labute approximate surface area is 74.2 Å². The van der Waals surface area contributed by atoms with Gasteiger partial charge in [-0.1, -0.05) is 13.0 Å². The van der Waals surface area contributed by atoms with Gasteiger partial charge in [0.15, 0.2) is 0 Å². The van der Waals surface area contributed by atoms with Crippen LogP contribution in [-0.2, 0) is 10.2 Å². The predicted octanol–water partition coefficient (Wildman–Crippen LogP) is 0.396. The minimum atomic E-state index is -3.26. The Balaban J connectivity index is 3.64. The minimum Gasteiger partial charge on any atom is -0.202 e. The van der Waals surface area contributed by atoms with E-state index in [9.17, 15) is 8.42 Å². The molecule has 0 heterocycles. The van der Waals surface area contributed by atoms with Crippen LogP contribution in [0.1, 0.15) is 19.8 Å². The quantitative estimate of drug-likeness (QED) is 0.453. The third-order valence-corrected chi connectivity index (χ3v) is 2.35. The highest BCUT2D eigenvalue weighted by Gasteiger charge is 2.04. The lowest BCUT2D eigenvalue weighted by atomic mass is 10.4. The molecule has 4 nitrogen and oxygen atoms in total. The smallest absolute Gasteiger partial charge is 0.202 e. The summed E-state index contributed by atoms with van der Waals surface area (Å²) in [4.78, 5) is 0. The SMILES string of the molecule is C=CCCNS(=O)(=O)NCCC. The standard InChI is InChI=1S/C7H16N2O2S/c1-3-5-7-9-12(10,11)8-6-4-2/h3,8-9H,1,4-7H2,2H3. The highest BCUT2D eigenvalue weighted by Crippen LogP contribution is 1.81. The summed E-state index contributed by atoms with van der Waals surface area (Å²) in [6, 6.07) is 0. The molecule has 0 saturated heterocycles. The van der Waals surface area contributed by atoms with Gasteiger partial charge in [0.1, 0.15) is 0 Å². The second-order valence-corrected chi connectivity index (χ2v) is 3.95. The van der Waals surface area contributed by atoms with Crippen molar-refractivity contribution in [1.82, 2.24) is 9.44 Å². The zero-order valence-corrected chi connectivity index (χ0v) is 8.15. The van der Waals surface area contributed by atoms with Gasteiger partial charge in [-0.15, -0.1) is 6.58 Å². The number of nitrogens with one attached hydrogen (secondary N) is 2. The largest absolute Gasteiger partial charge is 0.276 e. The maximum atomic E-state index is 11.0. The van der Waals surface area contributed by atoms with Gasteiger partial charge in [-0.05, 0) is 12.8 Å². The van der Waals surface area contributed by atoms with Crippen LogP contribution in [0.15, 0.2) is 12.7 Å². The molecule has 0 bridgehead atoms. The van der Waals surface area contributed by atoms with Crippen LogP contribution in [0.4, 0.5) is 0 Å². The first kappa shape index (κ1) is 11.6. The molecule has 0 unspecified atom stereocenters. The van der Waals surface area contributed by atoms with Gasteiger partial charge in [-0.25, -0.2) is 9.44 Å². The van der Waals surface area contributed by atoms with E-state index >= 15 is 0 Å². The summed E-state index contributed by atoms with van der Waals surface area (Å²) in [7, 11) is -3.26. The van der Waals surface area contributed by atoms with Gasteiger partial charge in [0, 0.05) is 13.1 Å². The van der Waals surface area contributed by atoms with E-state index in [1.165, 1.54) is 0 Å². The van der Waals surface area contributed by atoms with Gasteiger partial charge in [-0.3, -0.25) is 0 Å². The Morgan fingerprint density at radius 2 is 1.92 bits per heavy atom. The molecule has 0 rings (SSSR count). The lowest BCUT2D eigenvalue weighted by molar-refractivity contribution is 0.566. The molecule has 0 fully saturated rings. The molecule has 0 aliphatic rings. The molecule has 0 aromatic rings. The van der Waals surface area contributed by atoms with E-state index < -0.39 is 10.2 Å². The molecule has 0 aromatic carbocycles. The molecule has 12 heavy (non-hydrogen) atoms. The minimum absolute atomic E-state index is 0.405. The van der Waals surface area contributed by atoms with Crippen molar-refractivity contribution in [1.29, 1.82) is 0 Å². The lowest BCUT2D eigenvalue weighted by Gasteiger charge is -2.05. The van der Waals surface area contributed by atoms with Crippen molar-refractivity contribution in [3.8, 4) is 0 Å². The van der Waals surface area contributed by atoms with Gasteiger partial charge in [0.25, 0.3) is 10.2 Å². The monoisotopic (exact) mass is 192 g/mol. The van der Waals surface area contributed by atoms with Gasteiger partial charge >= 0.3 is 0 Å². The normalized spacial score (nSPS) is 11.4. The van der Waals surface area contributed by atoms with Crippen molar-refractivity contribution >= 4 is 10.2 Å². The fourth-order valence-electron chi connectivity index (χ4n) is 0.583. The maximum Gasteiger partial charge on any atom is 0.276 e. The Kier molecular flexibility index (Phi) is 5.96. The summed E-state index contributed by atoms with van der Waals surface area (Å²) < 4.78 is 26.8. The second-order valence-electron chi connectivity index (χ2n) is 2.37. The van der Waals surface area contributed by atoms with E-state index in [4.69, 9.17) is 0 Å². The fraction of sp³-hybridized carbons (Fsp3) is 0.714. The summed E-state index contributed by atoms with van der Waals surface area (Å²) in [6.07, 6.45) is 3.11. The van der Waals surface area contributed by atoms with Gasteiger partial charge < -0.3 is 0 Å². The molecular formula is C7H16N2O2S. The van der Waals surface area contributed by atoms with Crippen LogP contribution in [0, 0.1) is 0 Å². The molecule has 72 valence electrons. The molecule has 0 spiro atoms. The Hall–Kier alpha value is -0.390. The summed E-state index contributed by atoms with van der Waals surface area (Å²) in [5.74, 6) is 0. The molecule has 0 aliphatic carbocycles. The van der Waals surface area contributed by atoms with Crippen molar-refractivity contribution in [3.05, 3.63) is 12.7 Å². The lowest BCUT2D eigenvalue weighted by Crippen LogP contribution is -2.37. The molecule has 0 amide bonds. The van der Waals surface area contributed by atoms with Crippen molar-refractivity contribution < 1.29 is 8.42 Å². The zero-order valence-electron chi connectivity index (χ0n) is 7.34. The van der Waals surface area contributed by atoms with Crippen LogP contribution in [0.5, 0.6) is 0 Å². The molecule has 0 atom stereocenters. The predicted molar refractivity (Wildman–Crippen MR) is 50.0 cm³/mol. The number of hydrogen-bond acceptors (Lipinski definition) is 2. The zero-order chi connectivity index (χ0) is 9.45. The van der Waals surface area contributed by atoms with E-state index in [1.54, 1.807) is 6.08 Å². The Bertz CT molecular complexity index is 211. The van der Waals surface area contributed by atoms with E-state index in [0.717, 1.165) is 6.42 Å². The fourth-order valence-corrected chi connectivity index (χ4v) is 1.54. The van der Waals surface area contributed by atoms with Crippen molar-refractivity contribution in [2.24, 2.45) is 0 Å². The Morgan fingerprint density at radius 1 is 1.33 bits per heavy atom. The summed E-state index contributed by atoms with van der Waals surface area (Å²) in [5, 5.41) is 0. The van der Waals surface area contributed by atoms with Gasteiger partial charge in [0.05, 0.1) is 0 Å². The topological polar surface area (TPSA) is 58.2 Å². The Morgan fingerprint density at radius 3 is 2.42 bits per heavy atom. The molecule has 0 aromatic heterocycles. The van der Waals surface area contributed by atoms with E-state index in [2.05, 4.69) is 16.0 Å². The van der Waals surface area contributed by atoms with Crippen LogP contribution < -0.4 is 9.44 Å². The van der Waals surface area contributed by atoms with Crippen LogP contribution in [0.3, 0.4) is 0 Å². The number of hydrogen-bond donors (Lipinski definition) is 2. The van der Waals surface area contributed by atoms with E-state index in [0.29, 0.717) is 19.5 Å². The average Bonchev–Trinajstić information content (AvgIpc) is 2.01. The van der Waals surface area contributed by atoms with Crippen LogP contribution in [0.2, 0.25) is 0 Å². The first-order chi connectivity index (χ1) is 5.62. The van der Waals surface area contributed by atoms with Gasteiger partial charge in [-0.2, -0.15) is 8.42 Å². The second kappa shape index (κ2) is 6.16. The molecule has 5 heteroatoms. The maximum absolute atomic E-state index is 11.0. The molecule has 0 aliphatic heterocycles. The highest BCUT2D eigenvalue weighted by atomic mass is 32.2. The average molecular weight is 192 g/mol. The molecule has 0 saturated carbocycles. The van der Waals surface area contributed by atoms with Crippen LogP contribution in [0.25, 0.3) is 0 Å². The number of rotatable bonds is 7. The van der Waals surface area contributed by atoms with Crippen molar-refractivity contribution in [2.75, 3.05) is 13.1 Å². The van der Waals surface area contributed by atoms with Crippen molar-refractivity contribution in [2.45, 2.75) is 19.8 Å². The molecular weight excluding hydrogens is 176 g/mol. The van der Waals surface area contributed by atoms with E-state index in [-0.39, 0.29) is 0 Å². The first-order valence-electron chi connectivity index (χ1n) is 3.97.